The number of hydrazone groups is 1. The summed E-state index contributed by atoms with van der Waals surface area (Å²) in [6, 6.07) is 20.5. The molecule has 1 aliphatic heterocycles. The Kier molecular flexibility index (Phi) is 5.96. The van der Waals surface area contributed by atoms with Gasteiger partial charge in [0, 0.05) is 12.0 Å². The summed E-state index contributed by atoms with van der Waals surface area (Å²) in [4.78, 5) is 13.5. The molecule has 0 aliphatic carbocycles. The van der Waals surface area contributed by atoms with E-state index in [1.54, 1.807) is 43.5 Å². The SMILES string of the molecule is COc1ccc(C2=NN(C(=O)c3ccccc3Cl)C(c3ccccc3C)C2)cc1OC. The Morgan fingerprint density at radius 3 is 2.42 bits per heavy atom. The van der Waals surface area contributed by atoms with Crippen LogP contribution in [0.2, 0.25) is 5.02 Å². The van der Waals surface area contributed by atoms with Crippen molar-refractivity contribution >= 4 is 23.2 Å². The molecule has 1 heterocycles. The lowest BCUT2D eigenvalue weighted by Crippen LogP contribution is -2.27. The molecule has 3 aromatic carbocycles. The molecule has 0 saturated carbocycles. The Morgan fingerprint density at radius 2 is 1.71 bits per heavy atom. The zero-order valence-electron chi connectivity index (χ0n) is 17.6. The number of benzene rings is 3. The van der Waals surface area contributed by atoms with E-state index in [4.69, 9.17) is 26.2 Å². The maximum absolute atomic E-state index is 13.5. The summed E-state index contributed by atoms with van der Waals surface area (Å²) in [5, 5.41) is 6.71. The van der Waals surface area contributed by atoms with Crippen LogP contribution >= 0.6 is 11.6 Å². The van der Waals surface area contributed by atoms with Gasteiger partial charge in [0.15, 0.2) is 11.5 Å². The lowest BCUT2D eigenvalue weighted by atomic mass is 9.95. The molecule has 0 aromatic heterocycles. The summed E-state index contributed by atoms with van der Waals surface area (Å²) in [5.41, 5.74) is 4.27. The molecule has 0 fully saturated rings. The number of carbonyl (C=O) groups is 1. The first-order chi connectivity index (χ1) is 15.0. The number of halogens is 1. The number of amides is 1. The number of hydrogen-bond acceptors (Lipinski definition) is 4. The van der Waals surface area contributed by atoms with Crippen molar-refractivity contribution in [3.05, 3.63) is 94.0 Å². The monoisotopic (exact) mass is 434 g/mol. The number of hydrogen-bond donors (Lipinski definition) is 0. The van der Waals surface area contributed by atoms with Gasteiger partial charge in [0.1, 0.15) is 0 Å². The maximum Gasteiger partial charge on any atom is 0.276 e. The molecule has 1 aliphatic rings. The van der Waals surface area contributed by atoms with Gasteiger partial charge in [-0.1, -0.05) is 48.0 Å². The highest BCUT2D eigenvalue weighted by atomic mass is 35.5. The first kappa shape index (κ1) is 20.9. The smallest absolute Gasteiger partial charge is 0.276 e. The Balaban J connectivity index is 1.78. The molecule has 4 rings (SSSR count). The van der Waals surface area contributed by atoms with Crippen LogP contribution in [0, 0.1) is 6.92 Å². The normalized spacial score (nSPS) is 15.5. The topological polar surface area (TPSA) is 51.1 Å². The van der Waals surface area contributed by atoms with Crippen molar-refractivity contribution < 1.29 is 14.3 Å². The Morgan fingerprint density at radius 1 is 1.00 bits per heavy atom. The number of ether oxygens (including phenoxy) is 2. The first-order valence-corrected chi connectivity index (χ1v) is 10.3. The summed E-state index contributed by atoms with van der Waals surface area (Å²) >= 11 is 6.32. The van der Waals surface area contributed by atoms with Crippen LogP contribution < -0.4 is 9.47 Å². The average Bonchev–Trinajstić information content (AvgIpc) is 3.24. The highest BCUT2D eigenvalue weighted by Crippen LogP contribution is 2.37. The fourth-order valence-corrected chi connectivity index (χ4v) is 4.07. The van der Waals surface area contributed by atoms with Gasteiger partial charge >= 0.3 is 0 Å². The molecule has 1 unspecified atom stereocenters. The number of nitrogens with zero attached hydrogens (tertiary/aromatic N) is 2. The summed E-state index contributed by atoms with van der Waals surface area (Å²) in [5.74, 6) is 1.03. The minimum Gasteiger partial charge on any atom is -0.493 e. The second-order valence-corrected chi connectivity index (χ2v) is 7.73. The molecule has 158 valence electrons. The minimum atomic E-state index is -0.229. The van der Waals surface area contributed by atoms with Crippen LogP contribution in [-0.4, -0.2) is 30.8 Å². The van der Waals surface area contributed by atoms with Crippen LogP contribution in [-0.2, 0) is 0 Å². The quantitative estimate of drug-likeness (QED) is 0.520. The molecule has 5 nitrogen and oxygen atoms in total. The van der Waals surface area contributed by atoms with E-state index in [2.05, 4.69) is 0 Å². The highest BCUT2D eigenvalue weighted by molar-refractivity contribution is 6.33. The van der Waals surface area contributed by atoms with Crippen LogP contribution in [0.5, 0.6) is 11.5 Å². The Bertz CT molecular complexity index is 1160. The maximum atomic E-state index is 13.5. The zero-order chi connectivity index (χ0) is 22.0. The fraction of sp³-hybridized carbons (Fsp3) is 0.200. The molecule has 31 heavy (non-hydrogen) atoms. The second-order valence-electron chi connectivity index (χ2n) is 7.32. The standard InChI is InChI=1S/C25H23ClN2O3/c1-16-8-4-5-9-18(16)22-15-21(17-12-13-23(30-2)24(14-17)31-3)27-28(22)25(29)19-10-6-7-11-20(19)26/h4-14,22H,15H2,1-3H3. The second kappa shape index (κ2) is 8.82. The van der Waals surface area contributed by atoms with Crippen LogP contribution in [0.4, 0.5) is 0 Å². The van der Waals surface area contributed by atoms with E-state index in [9.17, 15) is 4.79 Å². The number of carbonyl (C=O) groups excluding carboxylic acids is 1. The Hall–Kier alpha value is -3.31. The zero-order valence-corrected chi connectivity index (χ0v) is 18.4. The molecule has 0 bridgehead atoms. The molecule has 0 radical (unpaired) electrons. The molecule has 0 spiro atoms. The first-order valence-electron chi connectivity index (χ1n) is 9.97. The third-order valence-electron chi connectivity index (χ3n) is 5.49. The van der Waals surface area contributed by atoms with Gasteiger partial charge in [0.25, 0.3) is 5.91 Å². The van der Waals surface area contributed by atoms with Gasteiger partial charge < -0.3 is 9.47 Å². The van der Waals surface area contributed by atoms with Gasteiger partial charge in [-0.3, -0.25) is 4.79 Å². The van der Waals surface area contributed by atoms with Crippen LogP contribution in [0.15, 0.2) is 71.8 Å². The van der Waals surface area contributed by atoms with E-state index in [-0.39, 0.29) is 11.9 Å². The van der Waals surface area contributed by atoms with E-state index in [0.29, 0.717) is 28.5 Å². The van der Waals surface area contributed by atoms with Crippen molar-refractivity contribution in [2.75, 3.05) is 14.2 Å². The van der Waals surface area contributed by atoms with E-state index in [1.807, 2.05) is 49.4 Å². The predicted molar refractivity (Wildman–Crippen MR) is 122 cm³/mol. The van der Waals surface area contributed by atoms with Crippen molar-refractivity contribution in [3.8, 4) is 11.5 Å². The highest BCUT2D eigenvalue weighted by Gasteiger charge is 2.35. The summed E-state index contributed by atoms with van der Waals surface area (Å²) in [6.07, 6.45) is 0.580. The number of methoxy groups -OCH3 is 2. The Labute approximate surface area is 186 Å². The molecule has 0 N–H and O–H groups in total. The van der Waals surface area contributed by atoms with Gasteiger partial charge in [0.05, 0.1) is 36.6 Å². The van der Waals surface area contributed by atoms with Gasteiger partial charge in [-0.15, -0.1) is 0 Å². The summed E-state index contributed by atoms with van der Waals surface area (Å²) < 4.78 is 10.8. The number of aryl methyl sites for hydroxylation is 1. The third-order valence-corrected chi connectivity index (χ3v) is 5.82. The average molecular weight is 435 g/mol. The van der Waals surface area contributed by atoms with Crippen molar-refractivity contribution in [3.63, 3.8) is 0 Å². The van der Waals surface area contributed by atoms with Gasteiger partial charge in [-0.25, -0.2) is 5.01 Å². The van der Waals surface area contributed by atoms with Crippen molar-refractivity contribution in [2.45, 2.75) is 19.4 Å². The molecule has 0 saturated heterocycles. The van der Waals surface area contributed by atoms with Crippen LogP contribution in [0.25, 0.3) is 0 Å². The minimum absolute atomic E-state index is 0.227. The lowest BCUT2D eigenvalue weighted by Gasteiger charge is -2.23. The van der Waals surface area contributed by atoms with Gasteiger partial charge in [0.2, 0.25) is 0 Å². The largest absolute Gasteiger partial charge is 0.493 e. The summed E-state index contributed by atoms with van der Waals surface area (Å²) in [7, 11) is 3.20. The number of rotatable bonds is 5. The van der Waals surface area contributed by atoms with Crippen LogP contribution in [0.3, 0.4) is 0 Å². The fourth-order valence-electron chi connectivity index (χ4n) is 3.85. The molecule has 6 heteroatoms. The van der Waals surface area contributed by atoms with E-state index >= 15 is 0 Å². The third kappa shape index (κ3) is 4.01. The van der Waals surface area contributed by atoms with Gasteiger partial charge in [-0.2, -0.15) is 5.10 Å². The molecular formula is C25H23ClN2O3. The predicted octanol–water partition coefficient (Wildman–Crippen LogP) is 5.66. The van der Waals surface area contributed by atoms with Crippen LogP contribution in [0.1, 0.15) is 39.5 Å². The molecule has 3 aromatic rings. The van der Waals surface area contributed by atoms with E-state index in [1.165, 1.54) is 0 Å². The van der Waals surface area contributed by atoms with Gasteiger partial charge in [-0.05, 0) is 48.4 Å². The molecule has 1 amide bonds. The van der Waals surface area contributed by atoms with E-state index in [0.717, 1.165) is 22.4 Å². The van der Waals surface area contributed by atoms with Crippen molar-refractivity contribution in [1.29, 1.82) is 0 Å². The van der Waals surface area contributed by atoms with Crippen molar-refractivity contribution in [1.82, 2.24) is 5.01 Å². The van der Waals surface area contributed by atoms with E-state index < -0.39 is 0 Å². The summed E-state index contributed by atoms with van der Waals surface area (Å²) in [6.45, 7) is 2.04. The molecule has 1 atom stereocenters. The molecular weight excluding hydrogens is 412 g/mol. The lowest BCUT2D eigenvalue weighted by molar-refractivity contribution is 0.0711. The van der Waals surface area contributed by atoms with Crippen molar-refractivity contribution in [2.24, 2.45) is 5.10 Å².